The number of benzene rings is 1. The van der Waals surface area contributed by atoms with E-state index in [1.165, 1.54) is 12.1 Å². The Kier molecular flexibility index (Phi) is 6.24. The zero-order valence-corrected chi connectivity index (χ0v) is 11.8. The zero-order chi connectivity index (χ0) is 13.5. The summed E-state index contributed by atoms with van der Waals surface area (Å²) >= 11 is 3.33. The van der Waals surface area contributed by atoms with Crippen LogP contribution in [-0.2, 0) is 6.54 Å². The first-order chi connectivity index (χ1) is 8.54. The number of nitrogens with zero attached hydrogens (tertiary/aromatic N) is 1. The molecule has 1 unspecified atom stereocenters. The van der Waals surface area contributed by atoms with Crippen molar-refractivity contribution in [2.45, 2.75) is 32.4 Å². The molecule has 0 bridgehead atoms. The molecule has 0 fully saturated rings. The molecule has 0 radical (unpaired) electrons. The van der Waals surface area contributed by atoms with Gasteiger partial charge in [0.25, 0.3) is 5.69 Å². The van der Waals surface area contributed by atoms with Crippen LogP contribution in [0.15, 0.2) is 22.7 Å². The molecule has 1 aromatic carbocycles. The highest BCUT2D eigenvalue weighted by Crippen LogP contribution is 2.23. The third kappa shape index (κ3) is 4.72. The van der Waals surface area contributed by atoms with E-state index in [9.17, 15) is 10.1 Å². The lowest BCUT2D eigenvalue weighted by molar-refractivity contribution is -0.384. The number of rotatable bonds is 7. The number of nitro benzene ring substituents is 1. The molecule has 6 heteroatoms. The Morgan fingerprint density at radius 3 is 2.83 bits per heavy atom. The molecule has 1 rings (SSSR count). The molecule has 0 heterocycles. The number of non-ortho nitro benzene ring substituents is 1. The number of hydrogen-bond acceptors (Lipinski definition) is 4. The molecule has 100 valence electrons. The molecule has 1 aromatic rings. The van der Waals surface area contributed by atoms with Gasteiger partial charge in [-0.15, -0.1) is 0 Å². The summed E-state index contributed by atoms with van der Waals surface area (Å²) < 4.78 is 0.735. The highest BCUT2D eigenvalue weighted by atomic mass is 79.9. The molecule has 2 N–H and O–H groups in total. The maximum atomic E-state index is 10.6. The second kappa shape index (κ2) is 7.45. The van der Waals surface area contributed by atoms with Crippen LogP contribution in [0.4, 0.5) is 5.69 Å². The van der Waals surface area contributed by atoms with Crippen LogP contribution in [0.5, 0.6) is 0 Å². The molecule has 18 heavy (non-hydrogen) atoms. The SMILES string of the molecule is CC(CCCO)NCc1ccc([N+](=O)[O-])cc1Br. The Labute approximate surface area is 114 Å². The quantitative estimate of drug-likeness (QED) is 0.599. The summed E-state index contributed by atoms with van der Waals surface area (Å²) in [5, 5.41) is 22.6. The summed E-state index contributed by atoms with van der Waals surface area (Å²) in [5.41, 5.74) is 1.07. The monoisotopic (exact) mass is 316 g/mol. The highest BCUT2D eigenvalue weighted by molar-refractivity contribution is 9.10. The molecule has 1 atom stereocenters. The average Bonchev–Trinajstić information content (AvgIpc) is 2.34. The lowest BCUT2D eigenvalue weighted by Gasteiger charge is -2.13. The largest absolute Gasteiger partial charge is 0.396 e. The van der Waals surface area contributed by atoms with Gasteiger partial charge in [-0.2, -0.15) is 0 Å². The summed E-state index contributed by atoms with van der Waals surface area (Å²) in [4.78, 5) is 10.2. The van der Waals surface area contributed by atoms with Gasteiger partial charge in [-0.05, 0) is 31.4 Å². The van der Waals surface area contributed by atoms with Crippen LogP contribution in [0, 0.1) is 10.1 Å². The van der Waals surface area contributed by atoms with Gasteiger partial charge >= 0.3 is 0 Å². The summed E-state index contributed by atoms with van der Waals surface area (Å²) in [6.07, 6.45) is 1.68. The Morgan fingerprint density at radius 1 is 1.56 bits per heavy atom. The summed E-state index contributed by atoms with van der Waals surface area (Å²) in [5.74, 6) is 0. The maximum Gasteiger partial charge on any atom is 0.270 e. The van der Waals surface area contributed by atoms with Gasteiger partial charge in [0.15, 0.2) is 0 Å². The number of aliphatic hydroxyl groups is 1. The van der Waals surface area contributed by atoms with Crippen molar-refractivity contribution >= 4 is 21.6 Å². The summed E-state index contributed by atoms with van der Waals surface area (Å²) in [6, 6.07) is 5.06. The fraction of sp³-hybridized carbons (Fsp3) is 0.500. The smallest absolute Gasteiger partial charge is 0.270 e. The Balaban J connectivity index is 2.55. The van der Waals surface area contributed by atoms with Gasteiger partial charge in [0.1, 0.15) is 0 Å². The van der Waals surface area contributed by atoms with E-state index in [4.69, 9.17) is 5.11 Å². The molecule has 0 saturated heterocycles. The van der Waals surface area contributed by atoms with E-state index in [2.05, 4.69) is 28.2 Å². The van der Waals surface area contributed by atoms with Gasteiger partial charge in [-0.25, -0.2) is 0 Å². The second-order valence-electron chi connectivity index (χ2n) is 4.18. The van der Waals surface area contributed by atoms with Gasteiger partial charge in [0.2, 0.25) is 0 Å². The fourth-order valence-corrected chi connectivity index (χ4v) is 2.08. The summed E-state index contributed by atoms with van der Waals surface area (Å²) in [6.45, 7) is 2.90. The number of hydrogen-bond donors (Lipinski definition) is 2. The molecule has 0 aliphatic carbocycles. The van der Waals surface area contributed by atoms with E-state index in [0.29, 0.717) is 12.6 Å². The number of nitrogens with one attached hydrogen (secondary N) is 1. The van der Waals surface area contributed by atoms with Crippen molar-refractivity contribution in [1.82, 2.24) is 5.32 Å². The highest BCUT2D eigenvalue weighted by Gasteiger charge is 2.09. The van der Waals surface area contributed by atoms with Gasteiger partial charge in [0.05, 0.1) is 4.92 Å². The van der Waals surface area contributed by atoms with E-state index in [1.807, 2.05) is 0 Å². The standard InChI is InChI=1S/C12H17BrN2O3/c1-9(3-2-6-16)14-8-10-4-5-11(15(17)18)7-12(10)13/h4-5,7,9,14,16H,2-3,6,8H2,1H3. The van der Waals surface area contributed by atoms with Gasteiger partial charge in [-0.1, -0.05) is 15.9 Å². The average molecular weight is 317 g/mol. The van der Waals surface area contributed by atoms with Gasteiger partial charge < -0.3 is 10.4 Å². The van der Waals surface area contributed by atoms with E-state index in [-0.39, 0.29) is 12.3 Å². The van der Waals surface area contributed by atoms with Gasteiger partial charge in [-0.3, -0.25) is 10.1 Å². The first-order valence-electron chi connectivity index (χ1n) is 5.81. The van der Waals surface area contributed by atoms with Crippen LogP contribution >= 0.6 is 15.9 Å². The van der Waals surface area contributed by atoms with E-state index < -0.39 is 4.92 Å². The Morgan fingerprint density at radius 2 is 2.28 bits per heavy atom. The van der Waals surface area contributed by atoms with Gasteiger partial charge in [0, 0.05) is 35.8 Å². The number of nitro groups is 1. The second-order valence-corrected chi connectivity index (χ2v) is 5.03. The topological polar surface area (TPSA) is 75.4 Å². The predicted molar refractivity (Wildman–Crippen MR) is 73.4 cm³/mol. The minimum atomic E-state index is -0.411. The van der Waals surface area contributed by atoms with Crippen molar-refractivity contribution in [3.63, 3.8) is 0 Å². The fourth-order valence-electron chi connectivity index (χ4n) is 1.58. The first kappa shape index (κ1) is 15.1. The molecule has 0 aliphatic rings. The lowest BCUT2D eigenvalue weighted by Crippen LogP contribution is -2.25. The molecular formula is C12H17BrN2O3. The minimum absolute atomic E-state index is 0.0824. The third-order valence-corrected chi connectivity index (χ3v) is 3.42. The Hall–Kier alpha value is -0.980. The van der Waals surface area contributed by atoms with E-state index >= 15 is 0 Å². The lowest BCUT2D eigenvalue weighted by atomic mass is 10.1. The molecule has 0 saturated carbocycles. The van der Waals surface area contributed by atoms with Crippen LogP contribution in [0.3, 0.4) is 0 Å². The van der Waals surface area contributed by atoms with Crippen molar-refractivity contribution in [3.05, 3.63) is 38.3 Å². The van der Waals surface area contributed by atoms with Crippen LogP contribution < -0.4 is 5.32 Å². The van der Waals surface area contributed by atoms with Crippen molar-refractivity contribution in [2.75, 3.05) is 6.61 Å². The molecular weight excluding hydrogens is 300 g/mol. The van der Waals surface area contributed by atoms with Crippen LogP contribution in [0.25, 0.3) is 0 Å². The number of halogens is 1. The third-order valence-electron chi connectivity index (χ3n) is 2.68. The first-order valence-corrected chi connectivity index (χ1v) is 6.61. The zero-order valence-electron chi connectivity index (χ0n) is 10.2. The van der Waals surface area contributed by atoms with Crippen molar-refractivity contribution in [2.24, 2.45) is 0 Å². The molecule has 5 nitrogen and oxygen atoms in total. The predicted octanol–water partition coefficient (Wildman–Crippen LogP) is 2.61. The van der Waals surface area contributed by atoms with E-state index in [1.54, 1.807) is 6.07 Å². The van der Waals surface area contributed by atoms with Crippen LogP contribution in [-0.4, -0.2) is 22.7 Å². The maximum absolute atomic E-state index is 10.6. The van der Waals surface area contributed by atoms with Crippen molar-refractivity contribution < 1.29 is 10.0 Å². The summed E-state index contributed by atoms with van der Waals surface area (Å²) in [7, 11) is 0. The van der Waals surface area contributed by atoms with Crippen LogP contribution in [0.2, 0.25) is 0 Å². The Bertz CT molecular complexity index is 412. The minimum Gasteiger partial charge on any atom is -0.396 e. The van der Waals surface area contributed by atoms with E-state index in [0.717, 1.165) is 22.9 Å². The molecule has 0 aromatic heterocycles. The van der Waals surface area contributed by atoms with Crippen molar-refractivity contribution in [3.8, 4) is 0 Å². The van der Waals surface area contributed by atoms with Crippen LogP contribution in [0.1, 0.15) is 25.3 Å². The normalized spacial score (nSPS) is 12.4. The van der Waals surface area contributed by atoms with Crippen molar-refractivity contribution in [1.29, 1.82) is 0 Å². The molecule has 0 aliphatic heterocycles. The number of aliphatic hydroxyl groups excluding tert-OH is 1. The molecule has 0 spiro atoms. The molecule has 0 amide bonds.